The van der Waals surface area contributed by atoms with Gasteiger partial charge in [0.1, 0.15) is 5.82 Å². The lowest BCUT2D eigenvalue weighted by molar-refractivity contribution is 0.102. The molecule has 27 heavy (non-hydrogen) atoms. The van der Waals surface area contributed by atoms with E-state index in [1.165, 1.54) is 66.7 Å². The molecule has 0 spiro atoms. The fourth-order valence-corrected chi connectivity index (χ4v) is 3.48. The van der Waals surface area contributed by atoms with E-state index >= 15 is 0 Å². The van der Waals surface area contributed by atoms with Gasteiger partial charge in [0.05, 0.1) is 10.6 Å². The van der Waals surface area contributed by atoms with Crippen molar-refractivity contribution < 1.29 is 17.6 Å². The summed E-state index contributed by atoms with van der Waals surface area (Å²) in [7, 11) is -3.84. The maximum atomic E-state index is 13.7. The second-order valence-electron chi connectivity index (χ2n) is 5.57. The number of nitrogens with one attached hydrogen (secondary N) is 2. The molecule has 0 fully saturated rings. The fraction of sp³-hybridized carbons (Fsp3) is 0. The lowest BCUT2D eigenvalue weighted by atomic mass is 10.2. The van der Waals surface area contributed by atoms with Crippen LogP contribution in [0.25, 0.3) is 0 Å². The van der Waals surface area contributed by atoms with Gasteiger partial charge < -0.3 is 5.32 Å². The van der Waals surface area contributed by atoms with Crippen molar-refractivity contribution in [2.24, 2.45) is 0 Å². The van der Waals surface area contributed by atoms with Crippen LogP contribution in [0.3, 0.4) is 0 Å². The molecule has 0 aromatic heterocycles. The first-order chi connectivity index (χ1) is 12.8. The zero-order valence-corrected chi connectivity index (χ0v) is 15.4. The summed E-state index contributed by atoms with van der Waals surface area (Å²) in [6, 6.07) is 17.3. The quantitative estimate of drug-likeness (QED) is 0.655. The molecule has 0 aliphatic carbocycles. The first-order valence-corrected chi connectivity index (χ1v) is 9.65. The van der Waals surface area contributed by atoms with E-state index in [1.54, 1.807) is 6.07 Å². The number of carbonyl (C=O) groups excluding carboxylic acids is 1. The highest BCUT2D eigenvalue weighted by molar-refractivity contribution is 7.92. The van der Waals surface area contributed by atoms with E-state index in [4.69, 9.17) is 11.6 Å². The molecule has 138 valence electrons. The Morgan fingerprint density at radius 1 is 0.926 bits per heavy atom. The van der Waals surface area contributed by atoms with Crippen LogP contribution in [0.1, 0.15) is 10.4 Å². The molecule has 0 radical (unpaired) electrons. The molecule has 0 aliphatic rings. The van der Waals surface area contributed by atoms with Crippen LogP contribution >= 0.6 is 11.6 Å². The van der Waals surface area contributed by atoms with Gasteiger partial charge in [-0.3, -0.25) is 9.52 Å². The maximum Gasteiger partial charge on any atom is 0.261 e. The van der Waals surface area contributed by atoms with E-state index < -0.39 is 21.7 Å². The molecule has 1 amide bonds. The minimum absolute atomic E-state index is 0.0353. The molecule has 0 saturated carbocycles. The Hall–Kier alpha value is -2.90. The van der Waals surface area contributed by atoms with Gasteiger partial charge in [-0.15, -0.1) is 0 Å². The normalized spacial score (nSPS) is 11.0. The van der Waals surface area contributed by atoms with Gasteiger partial charge in [0.2, 0.25) is 0 Å². The summed E-state index contributed by atoms with van der Waals surface area (Å²) in [5, 5.41) is 2.87. The van der Waals surface area contributed by atoms with Gasteiger partial charge in [-0.05, 0) is 54.6 Å². The Morgan fingerprint density at radius 3 is 2.33 bits per heavy atom. The highest BCUT2D eigenvalue weighted by Gasteiger charge is 2.15. The molecular weight excluding hydrogens is 391 g/mol. The molecular formula is C19H14ClFN2O3S. The summed E-state index contributed by atoms with van der Waals surface area (Å²) in [5.74, 6) is -1.13. The van der Waals surface area contributed by atoms with Crippen molar-refractivity contribution in [3.8, 4) is 0 Å². The summed E-state index contributed by atoms with van der Waals surface area (Å²) in [6.07, 6.45) is 0. The lowest BCUT2D eigenvalue weighted by Crippen LogP contribution is -2.15. The number of para-hydroxylation sites is 1. The number of hydrogen-bond donors (Lipinski definition) is 2. The van der Waals surface area contributed by atoms with Crippen molar-refractivity contribution in [2.75, 3.05) is 10.0 Å². The summed E-state index contributed by atoms with van der Waals surface area (Å²) >= 11 is 5.77. The lowest BCUT2D eigenvalue weighted by Gasteiger charge is -2.10. The largest absolute Gasteiger partial charge is 0.319 e. The zero-order chi connectivity index (χ0) is 19.4. The van der Waals surface area contributed by atoms with Crippen LogP contribution in [0.15, 0.2) is 77.7 Å². The number of halogens is 2. The van der Waals surface area contributed by atoms with Gasteiger partial charge in [0.15, 0.2) is 0 Å². The minimum atomic E-state index is -3.84. The fourth-order valence-electron chi connectivity index (χ4n) is 2.31. The number of rotatable bonds is 5. The minimum Gasteiger partial charge on any atom is -0.319 e. The van der Waals surface area contributed by atoms with Crippen molar-refractivity contribution >= 4 is 38.9 Å². The number of hydrogen-bond acceptors (Lipinski definition) is 3. The molecule has 0 heterocycles. The standard InChI is InChI=1S/C19H14ClFN2O3S/c20-14-8-10-16(11-9-14)27(25,26)23-15-5-3-4-13(12-15)19(24)22-18-7-2-1-6-17(18)21/h1-12,23H,(H,22,24). The third kappa shape index (κ3) is 4.64. The first kappa shape index (κ1) is 18.9. The van der Waals surface area contributed by atoms with E-state index in [9.17, 15) is 17.6 Å². The van der Waals surface area contributed by atoms with Crippen molar-refractivity contribution in [3.05, 3.63) is 89.2 Å². The zero-order valence-electron chi connectivity index (χ0n) is 13.8. The average molecular weight is 405 g/mol. The maximum absolute atomic E-state index is 13.7. The number of benzene rings is 3. The summed E-state index contributed by atoms with van der Waals surface area (Å²) in [6.45, 7) is 0. The summed E-state index contributed by atoms with van der Waals surface area (Å²) < 4.78 is 40.9. The molecule has 0 bridgehead atoms. The van der Waals surface area contributed by atoms with Crippen molar-refractivity contribution in [1.82, 2.24) is 0 Å². The number of anilines is 2. The van der Waals surface area contributed by atoms with E-state index in [2.05, 4.69) is 10.0 Å². The number of amides is 1. The number of carbonyl (C=O) groups is 1. The van der Waals surface area contributed by atoms with Crippen LogP contribution in [0.2, 0.25) is 5.02 Å². The van der Waals surface area contributed by atoms with Gasteiger partial charge in [-0.2, -0.15) is 0 Å². The first-order valence-electron chi connectivity index (χ1n) is 7.79. The van der Waals surface area contributed by atoms with Crippen LogP contribution in [0.4, 0.5) is 15.8 Å². The predicted octanol–water partition coefficient (Wildman–Crippen LogP) is 4.53. The molecule has 3 aromatic rings. The Bertz CT molecular complexity index is 1090. The molecule has 3 aromatic carbocycles. The van der Waals surface area contributed by atoms with E-state index in [0.29, 0.717) is 5.02 Å². The van der Waals surface area contributed by atoms with Crippen LogP contribution in [0.5, 0.6) is 0 Å². The molecule has 0 saturated heterocycles. The molecule has 2 N–H and O–H groups in total. The van der Waals surface area contributed by atoms with Crippen LogP contribution in [0, 0.1) is 5.82 Å². The highest BCUT2D eigenvalue weighted by Crippen LogP contribution is 2.20. The molecule has 0 aliphatic heterocycles. The van der Waals surface area contributed by atoms with E-state index in [-0.39, 0.29) is 21.8 Å². The highest BCUT2D eigenvalue weighted by atomic mass is 35.5. The Balaban J connectivity index is 1.80. The van der Waals surface area contributed by atoms with Crippen molar-refractivity contribution in [2.45, 2.75) is 4.90 Å². The van der Waals surface area contributed by atoms with E-state index in [1.807, 2.05) is 0 Å². The molecule has 5 nitrogen and oxygen atoms in total. The topological polar surface area (TPSA) is 75.3 Å². The monoisotopic (exact) mass is 404 g/mol. The molecule has 8 heteroatoms. The molecule has 0 unspecified atom stereocenters. The Kier molecular flexibility index (Phi) is 5.43. The molecule has 3 rings (SSSR count). The van der Waals surface area contributed by atoms with Crippen LogP contribution in [-0.4, -0.2) is 14.3 Å². The van der Waals surface area contributed by atoms with Crippen molar-refractivity contribution in [1.29, 1.82) is 0 Å². The Morgan fingerprint density at radius 2 is 1.63 bits per heavy atom. The third-order valence-corrected chi connectivity index (χ3v) is 5.27. The summed E-state index contributed by atoms with van der Waals surface area (Å²) in [4.78, 5) is 12.4. The summed E-state index contributed by atoms with van der Waals surface area (Å²) in [5.41, 5.74) is 0.412. The van der Waals surface area contributed by atoms with E-state index in [0.717, 1.165) is 0 Å². The van der Waals surface area contributed by atoms with Crippen LogP contribution in [-0.2, 0) is 10.0 Å². The number of sulfonamides is 1. The molecule has 0 atom stereocenters. The van der Waals surface area contributed by atoms with Gasteiger partial charge >= 0.3 is 0 Å². The van der Waals surface area contributed by atoms with Gasteiger partial charge in [0, 0.05) is 16.3 Å². The SMILES string of the molecule is O=C(Nc1ccccc1F)c1cccc(NS(=O)(=O)c2ccc(Cl)cc2)c1. The Labute approximate surface area is 160 Å². The van der Waals surface area contributed by atoms with Crippen molar-refractivity contribution in [3.63, 3.8) is 0 Å². The van der Waals surface area contributed by atoms with Gasteiger partial charge in [-0.25, -0.2) is 12.8 Å². The second-order valence-corrected chi connectivity index (χ2v) is 7.69. The van der Waals surface area contributed by atoms with Gasteiger partial charge in [0.25, 0.3) is 15.9 Å². The van der Waals surface area contributed by atoms with Crippen LogP contribution < -0.4 is 10.0 Å². The predicted molar refractivity (Wildman–Crippen MR) is 103 cm³/mol. The average Bonchev–Trinajstić information content (AvgIpc) is 2.64. The smallest absolute Gasteiger partial charge is 0.261 e. The second kappa shape index (κ2) is 7.77. The van der Waals surface area contributed by atoms with Gasteiger partial charge in [-0.1, -0.05) is 29.8 Å². The third-order valence-electron chi connectivity index (χ3n) is 3.62.